The average Bonchev–Trinajstić information content (AvgIpc) is 2.62. The van der Waals surface area contributed by atoms with Gasteiger partial charge in [0.1, 0.15) is 5.76 Å². The van der Waals surface area contributed by atoms with Crippen LogP contribution in [0.1, 0.15) is 26.7 Å². The van der Waals surface area contributed by atoms with E-state index in [1.165, 1.54) is 10.6 Å². The number of allylic oxidation sites excluding steroid dienone is 4. The molecule has 2 heterocycles. The zero-order chi connectivity index (χ0) is 10.7. The maximum atomic E-state index is 5.61. The molecule has 2 rings (SSSR count). The molecule has 2 nitrogen and oxygen atoms in total. The molecule has 0 atom stereocenters. The van der Waals surface area contributed by atoms with Crippen molar-refractivity contribution in [3.63, 3.8) is 0 Å². The van der Waals surface area contributed by atoms with Gasteiger partial charge < -0.3 is 4.74 Å². The first-order valence-corrected chi connectivity index (χ1v) is 6.11. The van der Waals surface area contributed by atoms with E-state index >= 15 is 0 Å². The molecule has 3 heteroatoms. The molecule has 0 amide bonds. The van der Waals surface area contributed by atoms with E-state index in [0.717, 1.165) is 30.1 Å². The minimum absolute atomic E-state index is 0.916. The van der Waals surface area contributed by atoms with Gasteiger partial charge in [-0.15, -0.1) is 11.8 Å². The maximum absolute atomic E-state index is 5.61. The standard InChI is InChI=1S/C12H15NOS/c1-9-6-12(7-13-9)15-8-11-5-3-4-10(2)14-11/h4-5,7H,3,6,8H2,1-2H3. The molecule has 0 aliphatic carbocycles. The lowest BCUT2D eigenvalue weighted by Crippen LogP contribution is -1.98. The lowest BCUT2D eigenvalue weighted by Gasteiger charge is -2.13. The molecule has 0 radical (unpaired) electrons. The second-order valence-electron chi connectivity index (χ2n) is 3.75. The molecule has 0 fully saturated rings. The summed E-state index contributed by atoms with van der Waals surface area (Å²) in [6.07, 6.45) is 8.20. The molecule has 0 N–H and O–H groups in total. The lowest BCUT2D eigenvalue weighted by atomic mass is 10.3. The fourth-order valence-corrected chi connectivity index (χ4v) is 2.46. The van der Waals surface area contributed by atoms with Crippen LogP contribution in [0.3, 0.4) is 0 Å². The van der Waals surface area contributed by atoms with Crippen LogP contribution in [0.15, 0.2) is 39.8 Å². The Hall–Kier alpha value is -0.960. The zero-order valence-electron chi connectivity index (χ0n) is 9.12. The number of hydrogen-bond donors (Lipinski definition) is 0. The van der Waals surface area contributed by atoms with Gasteiger partial charge in [0, 0.05) is 23.2 Å². The molecule has 80 valence electrons. The van der Waals surface area contributed by atoms with Gasteiger partial charge in [0.05, 0.1) is 11.5 Å². The highest BCUT2D eigenvalue weighted by Gasteiger charge is 2.10. The Balaban J connectivity index is 1.78. The first-order chi connectivity index (χ1) is 7.24. The molecule has 0 saturated carbocycles. The minimum atomic E-state index is 0.916. The summed E-state index contributed by atoms with van der Waals surface area (Å²) < 4.78 is 5.61. The normalized spacial score (nSPS) is 20.1. The highest BCUT2D eigenvalue weighted by atomic mass is 32.2. The minimum Gasteiger partial charge on any atom is -0.466 e. The van der Waals surface area contributed by atoms with Crippen molar-refractivity contribution in [1.29, 1.82) is 0 Å². The summed E-state index contributed by atoms with van der Waals surface area (Å²) in [5, 5.41) is 0. The van der Waals surface area contributed by atoms with Gasteiger partial charge in [-0.05, 0) is 32.4 Å². The van der Waals surface area contributed by atoms with Crippen LogP contribution in [0.5, 0.6) is 0 Å². The van der Waals surface area contributed by atoms with Crippen LogP contribution in [-0.4, -0.2) is 11.5 Å². The van der Waals surface area contributed by atoms with Crippen molar-refractivity contribution in [3.05, 3.63) is 34.8 Å². The van der Waals surface area contributed by atoms with Gasteiger partial charge in [-0.2, -0.15) is 0 Å². The fraction of sp³-hybridized carbons (Fsp3) is 0.417. The lowest BCUT2D eigenvalue weighted by molar-refractivity contribution is 0.302. The van der Waals surface area contributed by atoms with E-state index in [0.29, 0.717) is 0 Å². The van der Waals surface area contributed by atoms with Crippen LogP contribution in [0.2, 0.25) is 0 Å². The van der Waals surface area contributed by atoms with Crippen molar-refractivity contribution in [2.75, 3.05) is 5.75 Å². The summed E-state index contributed by atoms with van der Waals surface area (Å²) in [5.41, 5.74) is 1.20. The Morgan fingerprint density at radius 2 is 2.27 bits per heavy atom. The number of ether oxygens (including phenoxy) is 1. The van der Waals surface area contributed by atoms with E-state index in [-0.39, 0.29) is 0 Å². The number of aliphatic imine (C=N–C) groups is 1. The summed E-state index contributed by atoms with van der Waals surface area (Å²) in [6, 6.07) is 0. The van der Waals surface area contributed by atoms with Gasteiger partial charge in [-0.3, -0.25) is 4.99 Å². The van der Waals surface area contributed by atoms with Crippen molar-refractivity contribution in [3.8, 4) is 0 Å². The topological polar surface area (TPSA) is 21.6 Å². The average molecular weight is 221 g/mol. The van der Waals surface area contributed by atoms with Crippen molar-refractivity contribution in [2.45, 2.75) is 26.7 Å². The van der Waals surface area contributed by atoms with Crippen LogP contribution in [0, 0.1) is 0 Å². The largest absolute Gasteiger partial charge is 0.466 e. The van der Waals surface area contributed by atoms with E-state index in [2.05, 4.69) is 24.1 Å². The summed E-state index contributed by atoms with van der Waals surface area (Å²) in [6.45, 7) is 4.06. The molecule has 0 aromatic rings. The third-order valence-electron chi connectivity index (χ3n) is 2.30. The molecule has 0 spiro atoms. The third-order valence-corrected chi connectivity index (χ3v) is 3.35. The monoisotopic (exact) mass is 221 g/mol. The smallest absolute Gasteiger partial charge is 0.110 e. The molecule has 0 saturated heterocycles. The Labute approximate surface area is 94.8 Å². The van der Waals surface area contributed by atoms with Crippen LogP contribution < -0.4 is 0 Å². The molecule has 0 unspecified atom stereocenters. The molecule has 2 aliphatic heterocycles. The van der Waals surface area contributed by atoms with E-state index in [9.17, 15) is 0 Å². The Kier molecular flexibility index (Phi) is 3.31. The number of thioether (sulfide) groups is 1. The molecular formula is C12H15NOS. The van der Waals surface area contributed by atoms with Gasteiger partial charge in [-0.1, -0.05) is 0 Å². The molecular weight excluding hydrogens is 206 g/mol. The zero-order valence-corrected chi connectivity index (χ0v) is 9.93. The third kappa shape index (κ3) is 2.99. The van der Waals surface area contributed by atoms with E-state index in [1.54, 1.807) is 0 Å². The maximum Gasteiger partial charge on any atom is 0.110 e. The highest BCUT2D eigenvalue weighted by molar-refractivity contribution is 8.03. The van der Waals surface area contributed by atoms with Crippen LogP contribution in [0.4, 0.5) is 0 Å². The van der Waals surface area contributed by atoms with Crippen molar-refractivity contribution in [1.82, 2.24) is 0 Å². The summed E-state index contributed by atoms with van der Waals surface area (Å²) >= 11 is 1.82. The van der Waals surface area contributed by atoms with Gasteiger partial charge in [0.15, 0.2) is 0 Å². The quantitative estimate of drug-likeness (QED) is 0.725. The second-order valence-corrected chi connectivity index (χ2v) is 4.85. The number of rotatable bonds is 3. The van der Waals surface area contributed by atoms with Gasteiger partial charge in [-0.25, -0.2) is 0 Å². The molecule has 0 bridgehead atoms. The predicted molar refractivity (Wildman–Crippen MR) is 65.8 cm³/mol. The van der Waals surface area contributed by atoms with Gasteiger partial charge in [0.25, 0.3) is 0 Å². The van der Waals surface area contributed by atoms with Crippen molar-refractivity contribution >= 4 is 17.5 Å². The van der Waals surface area contributed by atoms with Crippen molar-refractivity contribution in [2.24, 2.45) is 4.99 Å². The van der Waals surface area contributed by atoms with Crippen LogP contribution in [-0.2, 0) is 4.74 Å². The molecule has 15 heavy (non-hydrogen) atoms. The molecule has 2 aliphatic rings. The predicted octanol–water partition coefficient (Wildman–Crippen LogP) is 3.63. The second kappa shape index (κ2) is 4.71. The van der Waals surface area contributed by atoms with Crippen molar-refractivity contribution < 1.29 is 4.74 Å². The number of nitrogens with zero attached hydrogens (tertiary/aromatic N) is 1. The van der Waals surface area contributed by atoms with Crippen LogP contribution in [0.25, 0.3) is 0 Å². The Morgan fingerprint density at radius 1 is 1.40 bits per heavy atom. The van der Waals surface area contributed by atoms with Gasteiger partial charge in [0.2, 0.25) is 0 Å². The van der Waals surface area contributed by atoms with E-state index in [4.69, 9.17) is 4.74 Å². The number of hydrogen-bond acceptors (Lipinski definition) is 3. The molecule has 0 aromatic carbocycles. The van der Waals surface area contributed by atoms with Gasteiger partial charge >= 0.3 is 0 Å². The summed E-state index contributed by atoms with van der Waals surface area (Å²) in [5.74, 6) is 3.01. The first kappa shape index (κ1) is 10.6. The first-order valence-electron chi connectivity index (χ1n) is 5.13. The SMILES string of the molecule is CC1=CCC=C(CSC2=CN=C(C)C2)O1. The molecule has 0 aromatic heterocycles. The highest BCUT2D eigenvalue weighted by Crippen LogP contribution is 2.28. The van der Waals surface area contributed by atoms with E-state index in [1.807, 2.05) is 24.9 Å². The van der Waals surface area contributed by atoms with Crippen LogP contribution >= 0.6 is 11.8 Å². The summed E-state index contributed by atoms with van der Waals surface area (Å²) in [7, 11) is 0. The van der Waals surface area contributed by atoms with E-state index < -0.39 is 0 Å². The Morgan fingerprint density at radius 3 is 2.93 bits per heavy atom. The fourth-order valence-electron chi connectivity index (χ4n) is 1.51. The Bertz CT molecular complexity index is 377. The summed E-state index contributed by atoms with van der Waals surface area (Å²) in [4.78, 5) is 5.60.